The number of benzene rings is 1. The molecule has 0 radical (unpaired) electrons. The summed E-state index contributed by atoms with van der Waals surface area (Å²) in [7, 11) is 0. The van der Waals surface area contributed by atoms with Gasteiger partial charge in [0.15, 0.2) is 5.82 Å². The Balaban J connectivity index is 1.55. The molecule has 0 N–H and O–H groups in total. The first kappa shape index (κ1) is 15.4. The zero-order valence-corrected chi connectivity index (χ0v) is 13.8. The van der Waals surface area contributed by atoms with E-state index in [0.29, 0.717) is 30.5 Å². The molecule has 25 heavy (non-hydrogen) atoms. The summed E-state index contributed by atoms with van der Waals surface area (Å²) in [6.45, 7) is 3.51. The third-order valence-electron chi connectivity index (χ3n) is 4.41. The summed E-state index contributed by atoms with van der Waals surface area (Å²) in [6.07, 6.45) is 0.809. The molecule has 1 aliphatic rings. The minimum Gasteiger partial charge on any atom is -0.332 e. The number of carbonyl (C=O) groups excluding carboxylic acids is 1. The lowest BCUT2D eigenvalue weighted by atomic mass is 10.2. The van der Waals surface area contributed by atoms with E-state index in [9.17, 15) is 9.59 Å². The predicted molar refractivity (Wildman–Crippen MR) is 88.6 cm³/mol. The first-order valence-corrected chi connectivity index (χ1v) is 8.18. The summed E-state index contributed by atoms with van der Waals surface area (Å²) in [5, 5.41) is 16.6. The van der Waals surface area contributed by atoms with E-state index in [1.165, 1.54) is 0 Å². The molecule has 0 saturated carbocycles. The van der Waals surface area contributed by atoms with Gasteiger partial charge in [0.25, 0.3) is 5.56 Å². The molecule has 2 aromatic heterocycles. The first-order valence-electron chi connectivity index (χ1n) is 8.18. The van der Waals surface area contributed by atoms with Crippen molar-refractivity contribution in [1.29, 1.82) is 0 Å². The van der Waals surface area contributed by atoms with Crippen LogP contribution in [0.5, 0.6) is 0 Å². The summed E-state index contributed by atoms with van der Waals surface area (Å²) in [4.78, 5) is 26.7. The van der Waals surface area contributed by atoms with Crippen molar-refractivity contribution in [3.8, 4) is 0 Å². The number of nitrogens with zero attached hydrogens (tertiary/aromatic N) is 7. The Hall–Kier alpha value is -3.10. The lowest BCUT2D eigenvalue weighted by molar-refractivity contribution is -0.133. The van der Waals surface area contributed by atoms with Gasteiger partial charge < -0.3 is 9.47 Å². The molecule has 3 aromatic rings. The van der Waals surface area contributed by atoms with E-state index >= 15 is 0 Å². The quantitative estimate of drug-likeness (QED) is 0.665. The monoisotopic (exact) mass is 339 g/mol. The highest BCUT2D eigenvalue weighted by atomic mass is 16.2. The number of aryl methyl sites for hydroxylation is 1. The maximum absolute atomic E-state index is 12.6. The normalized spacial score (nSPS) is 13.9. The number of rotatable bonds is 3. The van der Waals surface area contributed by atoms with E-state index in [4.69, 9.17) is 0 Å². The van der Waals surface area contributed by atoms with E-state index in [1.807, 2.05) is 11.5 Å². The Morgan fingerprint density at radius 3 is 2.84 bits per heavy atom. The van der Waals surface area contributed by atoms with Crippen LogP contribution >= 0.6 is 0 Å². The Bertz CT molecular complexity index is 1010. The van der Waals surface area contributed by atoms with E-state index < -0.39 is 0 Å². The van der Waals surface area contributed by atoms with Crippen molar-refractivity contribution >= 4 is 16.8 Å². The van der Waals surface area contributed by atoms with Crippen molar-refractivity contribution < 1.29 is 4.79 Å². The van der Waals surface area contributed by atoms with Gasteiger partial charge in [-0.25, -0.2) is 4.68 Å². The van der Waals surface area contributed by atoms with Crippen molar-refractivity contribution in [3.05, 3.63) is 46.3 Å². The van der Waals surface area contributed by atoms with Gasteiger partial charge in [0.05, 0.1) is 11.9 Å². The first-order chi connectivity index (χ1) is 12.2. The molecule has 9 heteroatoms. The summed E-state index contributed by atoms with van der Waals surface area (Å²) in [5.74, 6) is 1.52. The van der Waals surface area contributed by atoms with Crippen LogP contribution in [0.15, 0.2) is 29.1 Å². The highest BCUT2D eigenvalue weighted by Gasteiger charge is 2.24. The molecule has 0 fully saturated rings. The number of hydrogen-bond acceptors (Lipinski definition) is 6. The highest BCUT2D eigenvalue weighted by molar-refractivity contribution is 5.78. The third-order valence-corrected chi connectivity index (χ3v) is 4.41. The minimum atomic E-state index is -0.313. The van der Waals surface area contributed by atoms with Crippen LogP contribution in [0.1, 0.15) is 18.6 Å². The topological polar surface area (TPSA) is 98.8 Å². The SMILES string of the molecule is CCc1nnc2n1CCN(C(=O)Cn1nnc3ccccc3c1=O)C2. The molecule has 1 amide bonds. The largest absolute Gasteiger partial charge is 0.332 e. The van der Waals surface area contributed by atoms with Crippen molar-refractivity contribution in [1.82, 2.24) is 34.7 Å². The number of hydrogen-bond donors (Lipinski definition) is 0. The maximum Gasteiger partial charge on any atom is 0.278 e. The average molecular weight is 339 g/mol. The Morgan fingerprint density at radius 1 is 1.16 bits per heavy atom. The van der Waals surface area contributed by atoms with Crippen LogP contribution in [-0.4, -0.2) is 47.1 Å². The summed E-state index contributed by atoms with van der Waals surface area (Å²) in [6, 6.07) is 6.96. The van der Waals surface area contributed by atoms with Gasteiger partial charge >= 0.3 is 0 Å². The van der Waals surface area contributed by atoms with Gasteiger partial charge in [-0.05, 0) is 12.1 Å². The minimum absolute atomic E-state index is 0.133. The molecule has 0 saturated heterocycles. The lowest BCUT2D eigenvalue weighted by Crippen LogP contribution is -2.42. The van der Waals surface area contributed by atoms with Crippen LogP contribution in [0.3, 0.4) is 0 Å². The number of carbonyl (C=O) groups is 1. The van der Waals surface area contributed by atoms with Crippen molar-refractivity contribution in [2.75, 3.05) is 6.54 Å². The Morgan fingerprint density at radius 2 is 2.00 bits per heavy atom. The molecule has 0 bridgehead atoms. The molecule has 0 atom stereocenters. The van der Waals surface area contributed by atoms with Gasteiger partial charge in [-0.1, -0.05) is 24.3 Å². The number of aromatic nitrogens is 6. The second kappa shape index (κ2) is 6.08. The molecular formula is C16H17N7O2. The van der Waals surface area contributed by atoms with E-state index in [-0.39, 0.29) is 18.0 Å². The molecular weight excluding hydrogens is 322 g/mol. The lowest BCUT2D eigenvalue weighted by Gasteiger charge is -2.27. The maximum atomic E-state index is 12.6. The van der Waals surface area contributed by atoms with Crippen LogP contribution < -0.4 is 5.56 Å². The predicted octanol–water partition coefficient (Wildman–Crippen LogP) is -0.0122. The van der Waals surface area contributed by atoms with Crippen molar-refractivity contribution in [2.45, 2.75) is 33.0 Å². The van der Waals surface area contributed by atoms with Crippen LogP contribution in [0.2, 0.25) is 0 Å². The summed E-state index contributed by atoms with van der Waals surface area (Å²) in [5.41, 5.74) is 0.210. The molecule has 0 aliphatic carbocycles. The fraction of sp³-hybridized carbons (Fsp3) is 0.375. The Labute approximate surface area is 142 Å². The Kier molecular flexibility index (Phi) is 3.75. The van der Waals surface area contributed by atoms with Gasteiger partial charge in [-0.2, -0.15) is 0 Å². The van der Waals surface area contributed by atoms with E-state index in [2.05, 4.69) is 20.5 Å². The van der Waals surface area contributed by atoms with Crippen LogP contribution in [0.4, 0.5) is 0 Å². The third kappa shape index (κ3) is 2.67. The van der Waals surface area contributed by atoms with Crippen molar-refractivity contribution in [2.24, 2.45) is 0 Å². The molecule has 0 spiro atoms. The molecule has 1 aromatic carbocycles. The zero-order chi connectivity index (χ0) is 17.4. The fourth-order valence-electron chi connectivity index (χ4n) is 3.05. The second-order valence-corrected chi connectivity index (χ2v) is 5.92. The smallest absolute Gasteiger partial charge is 0.278 e. The summed E-state index contributed by atoms with van der Waals surface area (Å²) >= 11 is 0. The van der Waals surface area contributed by atoms with Gasteiger partial charge in [-0.15, -0.1) is 15.3 Å². The summed E-state index contributed by atoms with van der Waals surface area (Å²) < 4.78 is 3.16. The van der Waals surface area contributed by atoms with Crippen LogP contribution in [-0.2, 0) is 30.8 Å². The van der Waals surface area contributed by atoms with Crippen molar-refractivity contribution in [3.63, 3.8) is 0 Å². The number of amides is 1. The second-order valence-electron chi connectivity index (χ2n) is 5.92. The fourth-order valence-corrected chi connectivity index (χ4v) is 3.05. The van der Waals surface area contributed by atoms with E-state index in [0.717, 1.165) is 22.8 Å². The van der Waals surface area contributed by atoms with Gasteiger partial charge in [0.2, 0.25) is 5.91 Å². The van der Waals surface area contributed by atoms with Crippen LogP contribution in [0, 0.1) is 0 Å². The molecule has 4 rings (SSSR count). The van der Waals surface area contributed by atoms with Gasteiger partial charge in [0.1, 0.15) is 17.9 Å². The van der Waals surface area contributed by atoms with E-state index in [1.54, 1.807) is 29.2 Å². The van der Waals surface area contributed by atoms with Crippen LogP contribution in [0.25, 0.3) is 10.9 Å². The molecule has 9 nitrogen and oxygen atoms in total. The van der Waals surface area contributed by atoms with Gasteiger partial charge in [0, 0.05) is 19.5 Å². The standard InChI is InChI=1S/C16H17N7O2/c1-2-13-18-19-14-9-21(7-8-22(13)14)15(24)10-23-16(25)11-5-3-4-6-12(11)17-20-23/h3-6H,2,7-10H2,1H3. The zero-order valence-electron chi connectivity index (χ0n) is 13.8. The average Bonchev–Trinajstić information content (AvgIpc) is 3.06. The number of fused-ring (bicyclic) bond motifs is 2. The molecule has 1 aliphatic heterocycles. The molecule has 128 valence electrons. The highest BCUT2D eigenvalue weighted by Crippen LogP contribution is 2.13. The van der Waals surface area contributed by atoms with Gasteiger partial charge in [-0.3, -0.25) is 9.59 Å². The molecule has 3 heterocycles. The molecule has 0 unspecified atom stereocenters.